The normalized spacial score (nSPS) is 16.9. The van der Waals surface area contributed by atoms with E-state index >= 15 is 0 Å². The van der Waals surface area contributed by atoms with Crippen molar-refractivity contribution in [2.24, 2.45) is 5.73 Å². The Hall–Kier alpha value is -2.03. The summed E-state index contributed by atoms with van der Waals surface area (Å²) in [5.41, 5.74) is 6.56. The molecular weight excluding hydrogens is 374 g/mol. The first-order valence-corrected chi connectivity index (χ1v) is 9.89. The van der Waals surface area contributed by atoms with Gasteiger partial charge in [0.2, 0.25) is 5.75 Å². The average Bonchev–Trinajstić information content (AvgIpc) is 2.67. The first-order valence-electron chi connectivity index (χ1n) is 9.89. The third-order valence-corrected chi connectivity index (χ3v) is 4.81. The number of carbonyl (C=O) groups excluding carboxylic acids is 1. The van der Waals surface area contributed by atoms with Gasteiger partial charge in [-0.15, -0.1) is 0 Å². The minimum absolute atomic E-state index is 0.352. The predicted molar refractivity (Wildman–Crippen MR) is 112 cm³/mol. The van der Waals surface area contributed by atoms with Crippen LogP contribution in [0.3, 0.4) is 0 Å². The van der Waals surface area contributed by atoms with E-state index < -0.39 is 11.6 Å². The lowest BCUT2D eigenvalue weighted by molar-refractivity contribution is -0.157. The van der Waals surface area contributed by atoms with Gasteiger partial charge in [-0.25, -0.2) is 0 Å². The summed E-state index contributed by atoms with van der Waals surface area (Å²) in [5, 5.41) is 0. The molecule has 8 nitrogen and oxygen atoms in total. The van der Waals surface area contributed by atoms with Crippen molar-refractivity contribution in [2.45, 2.75) is 39.0 Å². The Balaban J connectivity index is 1.91. The lowest BCUT2D eigenvalue weighted by Gasteiger charge is -2.36. The summed E-state index contributed by atoms with van der Waals surface area (Å²) in [6.07, 6.45) is 0. The smallest absolute Gasteiger partial charge is 0.324 e. The van der Waals surface area contributed by atoms with Crippen LogP contribution >= 0.6 is 0 Å². The number of nitrogens with zero attached hydrogens (tertiary/aromatic N) is 2. The maximum atomic E-state index is 12.1. The molecule has 0 saturated carbocycles. The minimum Gasteiger partial charge on any atom is -0.493 e. The number of nitrogens with two attached hydrogens (primary N) is 1. The van der Waals surface area contributed by atoms with Gasteiger partial charge in [0, 0.05) is 44.8 Å². The molecule has 8 heteroatoms. The zero-order valence-electron chi connectivity index (χ0n) is 18.5. The monoisotopic (exact) mass is 409 g/mol. The number of methoxy groups -OCH3 is 3. The van der Waals surface area contributed by atoms with Crippen LogP contribution in [0.2, 0.25) is 0 Å². The summed E-state index contributed by atoms with van der Waals surface area (Å²) in [6.45, 7) is 10.2. The SMILES string of the molecule is COc1ccc(CN2CCN(CC(N)C(=O)OC(C)(C)C)CC2)c(OC)c1OC. The molecule has 0 aromatic heterocycles. The van der Waals surface area contributed by atoms with E-state index in [1.807, 2.05) is 32.9 Å². The zero-order chi connectivity index (χ0) is 21.6. The minimum atomic E-state index is -0.633. The number of esters is 1. The van der Waals surface area contributed by atoms with Crippen LogP contribution in [-0.4, -0.2) is 81.5 Å². The van der Waals surface area contributed by atoms with Crippen LogP contribution in [0.1, 0.15) is 26.3 Å². The molecule has 2 rings (SSSR count). The third kappa shape index (κ3) is 6.48. The van der Waals surface area contributed by atoms with E-state index in [1.54, 1.807) is 21.3 Å². The van der Waals surface area contributed by atoms with Gasteiger partial charge in [0.25, 0.3) is 0 Å². The Morgan fingerprint density at radius 1 is 1.00 bits per heavy atom. The second-order valence-electron chi connectivity index (χ2n) is 8.21. The molecule has 1 unspecified atom stereocenters. The number of rotatable bonds is 8. The third-order valence-electron chi connectivity index (χ3n) is 4.81. The maximum Gasteiger partial charge on any atom is 0.324 e. The van der Waals surface area contributed by atoms with Gasteiger partial charge >= 0.3 is 5.97 Å². The van der Waals surface area contributed by atoms with E-state index in [0.717, 1.165) is 38.3 Å². The fraction of sp³-hybridized carbons (Fsp3) is 0.667. The fourth-order valence-electron chi connectivity index (χ4n) is 3.39. The van der Waals surface area contributed by atoms with Gasteiger partial charge < -0.3 is 24.7 Å². The number of piperazine rings is 1. The largest absolute Gasteiger partial charge is 0.493 e. The quantitative estimate of drug-likeness (QED) is 0.647. The van der Waals surface area contributed by atoms with Gasteiger partial charge in [0.15, 0.2) is 11.5 Å². The van der Waals surface area contributed by atoms with Crippen LogP contribution < -0.4 is 19.9 Å². The van der Waals surface area contributed by atoms with Gasteiger partial charge in [-0.2, -0.15) is 0 Å². The number of carbonyl (C=O) groups is 1. The van der Waals surface area contributed by atoms with Crippen molar-refractivity contribution in [3.8, 4) is 17.2 Å². The van der Waals surface area contributed by atoms with Gasteiger partial charge in [-0.3, -0.25) is 14.6 Å². The highest BCUT2D eigenvalue weighted by Crippen LogP contribution is 2.40. The average molecular weight is 410 g/mol. The summed E-state index contributed by atoms with van der Waals surface area (Å²) in [7, 11) is 4.85. The summed E-state index contributed by atoms with van der Waals surface area (Å²) in [5.74, 6) is 1.60. The highest BCUT2D eigenvalue weighted by atomic mass is 16.6. The van der Waals surface area contributed by atoms with Gasteiger partial charge in [-0.05, 0) is 26.8 Å². The lowest BCUT2D eigenvalue weighted by Crippen LogP contribution is -2.52. The first-order chi connectivity index (χ1) is 13.7. The molecule has 164 valence electrons. The summed E-state index contributed by atoms with van der Waals surface area (Å²) in [4.78, 5) is 16.7. The van der Waals surface area contributed by atoms with Crippen molar-refractivity contribution in [3.05, 3.63) is 17.7 Å². The van der Waals surface area contributed by atoms with Crippen LogP contribution in [0.25, 0.3) is 0 Å². The zero-order valence-corrected chi connectivity index (χ0v) is 18.5. The van der Waals surface area contributed by atoms with Gasteiger partial charge in [-0.1, -0.05) is 6.07 Å². The molecule has 0 radical (unpaired) electrons. The molecule has 1 aliphatic heterocycles. The van der Waals surface area contributed by atoms with Crippen molar-refractivity contribution in [1.82, 2.24) is 9.80 Å². The molecule has 1 aliphatic rings. The highest BCUT2D eigenvalue weighted by molar-refractivity contribution is 5.76. The van der Waals surface area contributed by atoms with Gasteiger partial charge in [0.1, 0.15) is 11.6 Å². The van der Waals surface area contributed by atoms with Crippen LogP contribution in [0.15, 0.2) is 12.1 Å². The standard InChI is InChI=1S/C21H35N3O5/c1-21(2,3)29-20(25)16(22)14-24-11-9-23(10-12-24)13-15-7-8-17(26-4)19(28-6)18(15)27-5/h7-8,16H,9-14,22H2,1-6H3. The molecule has 29 heavy (non-hydrogen) atoms. The fourth-order valence-corrected chi connectivity index (χ4v) is 3.39. The maximum absolute atomic E-state index is 12.1. The van der Waals surface area contributed by atoms with Crippen LogP contribution in [0.5, 0.6) is 17.2 Å². The van der Waals surface area contributed by atoms with E-state index in [0.29, 0.717) is 23.8 Å². The number of hydrogen-bond acceptors (Lipinski definition) is 8. The molecule has 0 spiro atoms. The number of ether oxygens (including phenoxy) is 4. The molecule has 1 heterocycles. The summed E-state index contributed by atoms with van der Waals surface area (Å²) in [6, 6.07) is 3.27. The topological polar surface area (TPSA) is 86.5 Å². The highest BCUT2D eigenvalue weighted by Gasteiger charge is 2.26. The second-order valence-corrected chi connectivity index (χ2v) is 8.21. The predicted octanol–water partition coefficient (Wildman–Crippen LogP) is 1.50. The molecule has 1 saturated heterocycles. The summed E-state index contributed by atoms with van der Waals surface area (Å²) < 4.78 is 21.8. The molecule has 1 aromatic rings. The Bertz CT molecular complexity index is 682. The van der Waals surface area contributed by atoms with E-state index in [9.17, 15) is 4.79 Å². The number of benzene rings is 1. The van der Waals surface area contributed by atoms with Gasteiger partial charge in [0.05, 0.1) is 21.3 Å². The Labute approximate surface area is 173 Å². The van der Waals surface area contributed by atoms with Crippen molar-refractivity contribution in [3.63, 3.8) is 0 Å². The van der Waals surface area contributed by atoms with Crippen molar-refractivity contribution in [1.29, 1.82) is 0 Å². The van der Waals surface area contributed by atoms with Crippen molar-refractivity contribution in [2.75, 3.05) is 54.1 Å². The van der Waals surface area contributed by atoms with Crippen molar-refractivity contribution >= 4 is 5.97 Å². The van der Waals surface area contributed by atoms with Crippen LogP contribution in [0, 0.1) is 0 Å². The Morgan fingerprint density at radius 3 is 2.10 bits per heavy atom. The molecule has 2 N–H and O–H groups in total. The first kappa shape index (κ1) is 23.3. The van der Waals surface area contributed by atoms with E-state index in [1.165, 1.54) is 0 Å². The van der Waals surface area contributed by atoms with E-state index in [4.69, 9.17) is 24.7 Å². The van der Waals surface area contributed by atoms with E-state index in [-0.39, 0.29) is 5.97 Å². The Kier molecular flexibility index (Phi) is 8.13. The Morgan fingerprint density at radius 2 is 1.59 bits per heavy atom. The van der Waals surface area contributed by atoms with Crippen LogP contribution in [0.4, 0.5) is 0 Å². The molecule has 0 amide bonds. The second kappa shape index (κ2) is 10.1. The van der Waals surface area contributed by atoms with Crippen molar-refractivity contribution < 1.29 is 23.7 Å². The lowest BCUT2D eigenvalue weighted by atomic mass is 10.1. The molecule has 1 aromatic carbocycles. The molecular formula is C21H35N3O5. The van der Waals surface area contributed by atoms with E-state index in [2.05, 4.69) is 9.80 Å². The number of hydrogen-bond donors (Lipinski definition) is 1. The molecule has 1 atom stereocenters. The molecule has 0 bridgehead atoms. The molecule has 1 fully saturated rings. The van der Waals surface area contributed by atoms with Crippen LogP contribution in [-0.2, 0) is 16.1 Å². The summed E-state index contributed by atoms with van der Waals surface area (Å²) >= 11 is 0. The molecule has 0 aliphatic carbocycles.